The number of ether oxygens (including phenoxy) is 1. The number of hydrogen-bond donors (Lipinski definition) is 4. The summed E-state index contributed by atoms with van der Waals surface area (Å²) in [5.74, 6) is 1.20. The Labute approximate surface area is 216 Å². The van der Waals surface area contributed by atoms with E-state index in [1.54, 1.807) is 4.90 Å². The van der Waals surface area contributed by atoms with E-state index < -0.39 is 5.91 Å². The molecule has 194 valence electrons. The Kier molecular flexibility index (Phi) is 8.02. The minimum absolute atomic E-state index is 0.0325. The summed E-state index contributed by atoms with van der Waals surface area (Å²) in [5.41, 5.74) is 7.99. The molecular formula is C26H33N9O2. The Bertz CT molecular complexity index is 1230. The van der Waals surface area contributed by atoms with Gasteiger partial charge in [-0.1, -0.05) is 0 Å². The van der Waals surface area contributed by atoms with Gasteiger partial charge in [-0.2, -0.15) is 4.98 Å². The largest absolute Gasteiger partial charge is 0.494 e. The second-order valence-electron chi connectivity index (χ2n) is 9.01. The topological polar surface area (TPSA) is 145 Å². The van der Waals surface area contributed by atoms with Crippen molar-refractivity contribution in [1.29, 1.82) is 5.41 Å². The van der Waals surface area contributed by atoms with Crippen LogP contribution in [0.4, 0.5) is 23.1 Å². The van der Waals surface area contributed by atoms with Crippen molar-refractivity contribution >= 4 is 34.9 Å². The summed E-state index contributed by atoms with van der Waals surface area (Å²) in [5, 5.41) is 23.1. The van der Waals surface area contributed by atoms with Gasteiger partial charge in [0.2, 0.25) is 5.95 Å². The number of hydrogen-bond acceptors (Lipinski definition) is 9. The van der Waals surface area contributed by atoms with Crippen LogP contribution < -0.4 is 26.0 Å². The molecule has 2 heterocycles. The fourth-order valence-electron chi connectivity index (χ4n) is 4.14. The van der Waals surface area contributed by atoms with Gasteiger partial charge in [-0.3, -0.25) is 10.2 Å². The number of aromatic nitrogens is 3. The number of piperidine rings is 1. The molecular weight excluding hydrogens is 470 g/mol. The molecule has 0 spiro atoms. The van der Waals surface area contributed by atoms with Crippen molar-refractivity contribution in [1.82, 2.24) is 20.1 Å². The van der Waals surface area contributed by atoms with Crippen molar-refractivity contribution in [3.8, 4) is 5.75 Å². The lowest BCUT2D eigenvalue weighted by atomic mass is 10.1. The number of amidine groups is 1. The summed E-state index contributed by atoms with van der Waals surface area (Å²) in [6, 6.07) is 15.4. The normalized spacial score (nSPS) is 15.1. The van der Waals surface area contributed by atoms with Crippen molar-refractivity contribution in [2.75, 3.05) is 49.3 Å². The Morgan fingerprint density at radius 2 is 1.84 bits per heavy atom. The van der Waals surface area contributed by atoms with Gasteiger partial charge in [0.15, 0.2) is 11.5 Å². The molecule has 0 saturated carbocycles. The predicted molar refractivity (Wildman–Crippen MR) is 145 cm³/mol. The van der Waals surface area contributed by atoms with E-state index >= 15 is 0 Å². The van der Waals surface area contributed by atoms with Crippen LogP contribution in [0, 0.1) is 5.41 Å². The lowest BCUT2D eigenvalue weighted by molar-refractivity contribution is 0.0995. The third-order valence-electron chi connectivity index (χ3n) is 6.02. The molecule has 1 atom stereocenters. The molecule has 2 aromatic carbocycles. The molecule has 3 aromatic rings. The van der Waals surface area contributed by atoms with Gasteiger partial charge < -0.3 is 30.9 Å². The van der Waals surface area contributed by atoms with Crippen LogP contribution in [0.3, 0.4) is 0 Å². The molecule has 11 nitrogen and oxygen atoms in total. The van der Waals surface area contributed by atoms with Crippen molar-refractivity contribution in [3.05, 3.63) is 59.8 Å². The molecule has 4 rings (SSSR count). The van der Waals surface area contributed by atoms with Crippen molar-refractivity contribution in [2.24, 2.45) is 5.73 Å². The number of nitrogens with two attached hydrogens (primary N) is 1. The molecule has 1 aliphatic rings. The monoisotopic (exact) mass is 503 g/mol. The predicted octanol–water partition coefficient (Wildman–Crippen LogP) is 3.08. The molecule has 0 bridgehead atoms. The lowest BCUT2D eigenvalue weighted by Crippen LogP contribution is -2.43. The number of nitrogens with one attached hydrogen (secondary N) is 3. The SMILES string of the molecule is CCOc1ccc(N[C@@H]2CCCN(c3nnc(C(N)=O)c(Nc4ccc(C(=N)N(C)C)cc4)n3)C2)cc1. The van der Waals surface area contributed by atoms with Crippen LogP contribution in [0.2, 0.25) is 0 Å². The highest BCUT2D eigenvalue weighted by Crippen LogP contribution is 2.24. The van der Waals surface area contributed by atoms with Gasteiger partial charge in [0.05, 0.1) is 6.61 Å². The average Bonchev–Trinajstić information content (AvgIpc) is 2.90. The number of carbonyl (C=O) groups excluding carboxylic acids is 1. The number of amides is 1. The Balaban J connectivity index is 1.48. The summed E-state index contributed by atoms with van der Waals surface area (Å²) in [6.07, 6.45) is 1.97. The molecule has 37 heavy (non-hydrogen) atoms. The Morgan fingerprint density at radius 1 is 1.14 bits per heavy atom. The standard InChI is InChI=1S/C26H33N9O2/c1-4-37-21-13-11-18(12-14-21)29-20-6-5-15-35(16-20)26-31-25(22(24(28)36)32-33-26)30-19-9-7-17(8-10-19)23(27)34(2)3/h7-14,20,27,29H,4-6,15-16H2,1-3H3,(H2,28,36)(H,30,31,33)/t20-/m1/s1. The highest BCUT2D eigenvalue weighted by atomic mass is 16.5. The minimum atomic E-state index is -0.714. The van der Waals surface area contributed by atoms with Gasteiger partial charge in [-0.25, -0.2) is 0 Å². The van der Waals surface area contributed by atoms with Gasteiger partial charge in [-0.15, -0.1) is 10.2 Å². The summed E-state index contributed by atoms with van der Waals surface area (Å²) in [4.78, 5) is 20.4. The minimum Gasteiger partial charge on any atom is -0.494 e. The second kappa shape index (κ2) is 11.5. The van der Waals surface area contributed by atoms with Gasteiger partial charge in [0.1, 0.15) is 11.6 Å². The van der Waals surface area contributed by atoms with E-state index in [4.69, 9.17) is 15.9 Å². The van der Waals surface area contributed by atoms with Crippen molar-refractivity contribution in [3.63, 3.8) is 0 Å². The molecule has 0 unspecified atom stereocenters. The maximum absolute atomic E-state index is 12.0. The molecule has 5 N–H and O–H groups in total. The Hall–Kier alpha value is -4.41. The van der Waals surface area contributed by atoms with E-state index in [1.807, 2.05) is 69.6 Å². The van der Waals surface area contributed by atoms with E-state index in [-0.39, 0.29) is 17.6 Å². The van der Waals surface area contributed by atoms with Gasteiger partial charge in [-0.05, 0) is 68.3 Å². The smallest absolute Gasteiger partial charge is 0.273 e. The number of rotatable bonds is 9. The second-order valence-corrected chi connectivity index (χ2v) is 9.01. The summed E-state index contributed by atoms with van der Waals surface area (Å²) >= 11 is 0. The molecule has 1 saturated heterocycles. The number of benzene rings is 2. The zero-order valence-electron chi connectivity index (χ0n) is 21.4. The van der Waals surface area contributed by atoms with Gasteiger partial charge in [0.25, 0.3) is 5.91 Å². The lowest BCUT2D eigenvalue weighted by Gasteiger charge is -2.33. The first-order chi connectivity index (χ1) is 17.8. The molecule has 0 aliphatic carbocycles. The first-order valence-corrected chi connectivity index (χ1v) is 12.3. The fraction of sp³-hybridized carbons (Fsp3) is 0.346. The number of anilines is 4. The molecule has 1 aromatic heterocycles. The average molecular weight is 504 g/mol. The molecule has 1 aliphatic heterocycles. The maximum atomic E-state index is 12.0. The number of primary amides is 1. The van der Waals surface area contributed by atoms with Gasteiger partial charge >= 0.3 is 0 Å². The van der Waals surface area contributed by atoms with Crippen LogP contribution in [0.25, 0.3) is 0 Å². The van der Waals surface area contributed by atoms with Crippen LogP contribution in [0.15, 0.2) is 48.5 Å². The number of nitrogens with zero attached hydrogens (tertiary/aromatic N) is 5. The van der Waals surface area contributed by atoms with Crippen LogP contribution >= 0.6 is 0 Å². The zero-order chi connectivity index (χ0) is 26.4. The summed E-state index contributed by atoms with van der Waals surface area (Å²) in [6.45, 7) is 4.06. The van der Waals surface area contributed by atoms with Crippen LogP contribution in [0.5, 0.6) is 5.75 Å². The summed E-state index contributed by atoms with van der Waals surface area (Å²) in [7, 11) is 3.64. The Morgan fingerprint density at radius 3 is 2.49 bits per heavy atom. The molecule has 1 amide bonds. The van der Waals surface area contributed by atoms with E-state index in [9.17, 15) is 4.79 Å². The first kappa shape index (κ1) is 25.7. The third-order valence-corrected chi connectivity index (χ3v) is 6.02. The first-order valence-electron chi connectivity index (χ1n) is 12.3. The van der Waals surface area contributed by atoms with Crippen LogP contribution in [-0.4, -0.2) is 71.7 Å². The van der Waals surface area contributed by atoms with E-state index in [0.717, 1.165) is 36.4 Å². The maximum Gasteiger partial charge on any atom is 0.273 e. The fourth-order valence-corrected chi connectivity index (χ4v) is 4.14. The van der Waals surface area contributed by atoms with E-state index in [2.05, 4.69) is 30.7 Å². The van der Waals surface area contributed by atoms with E-state index in [0.29, 0.717) is 30.6 Å². The molecule has 11 heteroatoms. The molecule has 1 fully saturated rings. The van der Waals surface area contributed by atoms with Crippen LogP contribution in [0.1, 0.15) is 35.8 Å². The number of carbonyl (C=O) groups is 1. The van der Waals surface area contributed by atoms with Gasteiger partial charge in [0, 0.05) is 50.2 Å². The quantitative estimate of drug-likeness (QED) is 0.256. The van der Waals surface area contributed by atoms with Crippen LogP contribution in [-0.2, 0) is 0 Å². The summed E-state index contributed by atoms with van der Waals surface area (Å²) < 4.78 is 5.52. The van der Waals surface area contributed by atoms with E-state index in [1.165, 1.54) is 0 Å². The molecule has 0 radical (unpaired) electrons. The van der Waals surface area contributed by atoms with Crippen molar-refractivity contribution in [2.45, 2.75) is 25.8 Å². The highest BCUT2D eigenvalue weighted by molar-refractivity contribution is 5.97. The third kappa shape index (κ3) is 6.43. The van der Waals surface area contributed by atoms with Crippen molar-refractivity contribution < 1.29 is 9.53 Å². The highest BCUT2D eigenvalue weighted by Gasteiger charge is 2.24. The zero-order valence-corrected chi connectivity index (χ0v) is 21.4.